The number of hydrogen-bond acceptors (Lipinski definition) is 3. The van der Waals surface area contributed by atoms with E-state index in [0.29, 0.717) is 17.0 Å². The van der Waals surface area contributed by atoms with Gasteiger partial charge in [0.2, 0.25) is 0 Å². The van der Waals surface area contributed by atoms with Crippen LogP contribution in [0.2, 0.25) is 0 Å². The largest absolute Gasteiger partial charge is 0.374 e. The van der Waals surface area contributed by atoms with Crippen LogP contribution in [-0.2, 0) is 4.74 Å². The highest BCUT2D eigenvalue weighted by molar-refractivity contribution is 9.09. The molecule has 0 spiro atoms. The molecule has 17 heavy (non-hydrogen) atoms. The van der Waals surface area contributed by atoms with Crippen LogP contribution in [0.25, 0.3) is 0 Å². The van der Waals surface area contributed by atoms with Crippen LogP contribution < -0.4 is 5.32 Å². The number of nitrogens with zero attached hydrogens (tertiary/aromatic N) is 1. The first-order valence-corrected chi connectivity index (χ1v) is 7.75. The highest BCUT2D eigenvalue weighted by Crippen LogP contribution is 2.09. The summed E-state index contributed by atoms with van der Waals surface area (Å²) in [6.07, 6.45) is 2.75. The number of halogens is 1. The zero-order valence-corrected chi connectivity index (χ0v) is 13.0. The standard InChI is InChI=1S/C13H27BrN2O/c1-4-12(14)5-6-15-9-13-10-16(11(2)3)7-8-17-13/h11-13,15H,4-10H2,1-3H3. The monoisotopic (exact) mass is 306 g/mol. The minimum atomic E-state index is 0.363. The average molecular weight is 307 g/mol. The van der Waals surface area contributed by atoms with E-state index in [-0.39, 0.29) is 0 Å². The molecule has 1 aliphatic heterocycles. The van der Waals surface area contributed by atoms with Gasteiger partial charge in [-0.2, -0.15) is 0 Å². The molecule has 1 N–H and O–H groups in total. The van der Waals surface area contributed by atoms with E-state index in [9.17, 15) is 0 Å². The average Bonchev–Trinajstić information content (AvgIpc) is 2.34. The molecule has 2 unspecified atom stereocenters. The number of nitrogens with one attached hydrogen (secondary N) is 1. The number of rotatable bonds is 7. The maximum absolute atomic E-state index is 5.78. The molecule has 0 amide bonds. The molecular formula is C13H27BrN2O. The van der Waals surface area contributed by atoms with Crippen molar-refractivity contribution in [3.63, 3.8) is 0 Å². The fourth-order valence-electron chi connectivity index (χ4n) is 2.06. The fraction of sp³-hybridized carbons (Fsp3) is 1.00. The molecule has 1 aliphatic rings. The van der Waals surface area contributed by atoms with Crippen molar-refractivity contribution >= 4 is 15.9 Å². The topological polar surface area (TPSA) is 24.5 Å². The summed E-state index contributed by atoms with van der Waals surface area (Å²) in [5.74, 6) is 0. The van der Waals surface area contributed by atoms with E-state index in [1.54, 1.807) is 0 Å². The van der Waals surface area contributed by atoms with Gasteiger partial charge in [0, 0.05) is 30.5 Å². The molecule has 0 bridgehead atoms. The van der Waals surface area contributed by atoms with Crippen LogP contribution in [0.15, 0.2) is 0 Å². The van der Waals surface area contributed by atoms with Crippen LogP contribution in [0.4, 0.5) is 0 Å². The Morgan fingerprint density at radius 1 is 1.47 bits per heavy atom. The van der Waals surface area contributed by atoms with Gasteiger partial charge in [0.15, 0.2) is 0 Å². The Balaban J connectivity index is 2.10. The van der Waals surface area contributed by atoms with Gasteiger partial charge in [0.1, 0.15) is 0 Å². The number of hydrogen-bond donors (Lipinski definition) is 1. The van der Waals surface area contributed by atoms with Crippen molar-refractivity contribution in [3.8, 4) is 0 Å². The fourth-order valence-corrected chi connectivity index (χ4v) is 2.29. The third-order valence-corrected chi connectivity index (χ3v) is 4.46. The Labute approximate surface area is 114 Å². The summed E-state index contributed by atoms with van der Waals surface area (Å²) in [6, 6.07) is 0.633. The van der Waals surface area contributed by atoms with E-state index in [4.69, 9.17) is 4.74 Å². The lowest BCUT2D eigenvalue weighted by Gasteiger charge is -2.35. The summed E-state index contributed by atoms with van der Waals surface area (Å²) in [7, 11) is 0. The summed E-state index contributed by atoms with van der Waals surface area (Å²) in [5, 5.41) is 3.50. The SMILES string of the molecule is CCC(Br)CCNCC1CN(C(C)C)CCO1. The molecule has 1 heterocycles. The Morgan fingerprint density at radius 2 is 2.24 bits per heavy atom. The minimum Gasteiger partial charge on any atom is -0.374 e. The van der Waals surface area contributed by atoms with Gasteiger partial charge >= 0.3 is 0 Å². The summed E-state index contributed by atoms with van der Waals surface area (Å²) in [4.78, 5) is 3.14. The normalized spacial score (nSPS) is 24.2. The lowest BCUT2D eigenvalue weighted by molar-refractivity contribution is -0.0370. The maximum atomic E-state index is 5.78. The van der Waals surface area contributed by atoms with Crippen LogP contribution in [0, 0.1) is 0 Å². The van der Waals surface area contributed by atoms with Gasteiger partial charge in [0.05, 0.1) is 12.7 Å². The van der Waals surface area contributed by atoms with E-state index < -0.39 is 0 Å². The van der Waals surface area contributed by atoms with Crippen molar-refractivity contribution in [1.82, 2.24) is 10.2 Å². The molecule has 0 radical (unpaired) electrons. The van der Waals surface area contributed by atoms with Crippen molar-refractivity contribution in [2.45, 2.75) is 50.6 Å². The summed E-state index contributed by atoms with van der Waals surface area (Å²) < 4.78 is 5.78. The number of morpholine rings is 1. The van der Waals surface area contributed by atoms with E-state index in [0.717, 1.165) is 32.8 Å². The highest BCUT2D eigenvalue weighted by atomic mass is 79.9. The molecule has 0 aromatic rings. The summed E-state index contributed by atoms with van der Waals surface area (Å²) in [6.45, 7) is 11.8. The van der Waals surface area contributed by atoms with Crippen molar-refractivity contribution in [2.75, 3.05) is 32.8 Å². The quantitative estimate of drug-likeness (QED) is 0.577. The lowest BCUT2D eigenvalue weighted by atomic mass is 10.2. The van der Waals surface area contributed by atoms with Gasteiger partial charge in [0.25, 0.3) is 0 Å². The summed E-state index contributed by atoms with van der Waals surface area (Å²) >= 11 is 3.65. The molecule has 0 aromatic carbocycles. The second-order valence-corrected chi connectivity index (χ2v) is 6.37. The molecule has 1 rings (SSSR count). The summed E-state index contributed by atoms with van der Waals surface area (Å²) in [5.41, 5.74) is 0. The molecule has 0 saturated carbocycles. The van der Waals surface area contributed by atoms with Crippen molar-refractivity contribution in [1.29, 1.82) is 0 Å². The van der Waals surface area contributed by atoms with Crippen LogP contribution in [0.1, 0.15) is 33.6 Å². The van der Waals surface area contributed by atoms with Gasteiger partial charge in [-0.05, 0) is 33.2 Å². The Kier molecular flexibility index (Phi) is 7.67. The molecule has 3 nitrogen and oxygen atoms in total. The minimum absolute atomic E-state index is 0.363. The van der Waals surface area contributed by atoms with Crippen molar-refractivity contribution in [2.24, 2.45) is 0 Å². The lowest BCUT2D eigenvalue weighted by Crippen LogP contribution is -2.49. The molecule has 2 atom stereocenters. The molecule has 102 valence electrons. The third kappa shape index (κ3) is 6.18. The van der Waals surface area contributed by atoms with Crippen LogP contribution >= 0.6 is 15.9 Å². The van der Waals surface area contributed by atoms with Crippen LogP contribution in [0.5, 0.6) is 0 Å². The van der Waals surface area contributed by atoms with Gasteiger partial charge in [-0.3, -0.25) is 4.90 Å². The van der Waals surface area contributed by atoms with Crippen LogP contribution in [-0.4, -0.2) is 54.7 Å². The highest BCUT2D eigenvalue weighted by Gasteiger charge is 2.21. The maximum Gasteiger partial charge on any atom is 0.0826 e. The zero-order valence-electron chi connectivity index (χ0n) is 11.4. The van der Waals surface area contributed by atoms with E-state index >= 15 is 0 Å². The first-order chi connectivity index (χ1) is 8.13. The third-order valence-electron chi connectivity index (χ3n) is 3.35. The second-order valence-electron chi connectivity index (χ2n) is 5.08. The Hall–Kier alpha value is 0.360. The van der Waals surface area contributed by atoms with E-state index in [1.807, 2.05) is 0 Å². The second kappa shape index (κ2) is 8.46. The first-order valence-electron chi connectivity index (χ1n) is 6.84. The van der Waals surface area contributed by atoms with Gasteiger partial charge in [-0.1, -0.05) is 22.9 Å². The van der Waals surface area contributed by atoms with Crippen molar-refractivity contribution in [3.05, 3.63) is 0 Å². The predicted molar refractivity (Wildman–Crippen MR) is 76.9 cm³/mol. The predicted octanol–water partition coefficient (Wildman–Crippen LogP) is 2.25. The molecule has 1 fully saturated rings. The molecule has 0 aromatic heterocycles. The number of alkyl halides is 1. The van der Waals surface area contributed by atoms with Gasteiger partial charge in [-0.15, -0.1) is 0 Å². The Morgan fingerprint density at radius 3 is 2.88 bits per heavy atom. The molecular weight excluding hydrogens is 280 g/mol. The first kappa shape index (κ1) is 15.4. The molecule has 1 saturated heterocycles. The zero-order chi connectivity index (χ0) is 12.7. The van der Waals surface area contributed by atoms with E-state index in [2.05, 4.69) is 46.9 Å². The smallest absolute Gasteiger partial charge is 0.0826 e. The van der Waals surface area contributed by atoms with Crippen LogP contribution in [0.3, 0.4) is 0 Å². The van der Waals surface area contributed by atoms with Gasteiger partial charge < -0.3 is 10.1 Å². The Bertz CT molecular complexity index is 202. The van der Waals surface area contributed by atoms with E-state index in [1.165, 1.54) is 12.8 Å². The molecule has 0 aliphatic carbocycles. The molecule has 4 heteroatoms. The van der Waals surface area contributed by atoms with Gasteiger partial charge in [-0.25, -0.2) is 0 Å². The van der Waals surface area contributed by atoms with Crippen molar-refractivity contribution < 1.29 is 4.74 Å². The number of ether oxygens (including phenoxy) is 1.